The molecule has 0 saturated heterocycles. The van der Waals surface area contributed by atoms with E-state index in [1.165, 1.54) is 12.1 Å². The Bertz CT molecular complexity index is 1150. The van der Waals surface area contributed by atoms with Crippen LogP contribution in [0.2, 0.25) is 0 Å². The van der Waals surface area contributed by atoms with Gasteiger partial charge in [0.25, 0.3) is 0 Å². The number of methoxy groups -OCH3 is 1. The van der Waals surface area contributed by atoms with Crippen molar-refractivity contribution in [3.05, 3.63) is 65.0 Å². The molecule has 0 spiro atoms. The molecule has 0 aliphatic carbocycles. The summed E-state index contributed by atoms with van der Waals surface area (Å²) in [5.74, 6) is -0.986. The molecule has 44 heavy (non-hydrogen) atoms. The molecule has 10 heteroatoms. The van der Waals surface area contributed by atoms with Crippen molar-refractivity contribution >= 4 is 11.8 Å². The van der Waals surface area contributed by atoms with Gasteiger partial charge >= 0.3 is 0 Å². The molecule has 0 unspecified atom stereocenters. The van der Waals surface area contributed by atoms with Crippen LogP contribution in [0.3, 0.4) is 0 Å². The first-order chi connectivity index (χ1) is 21.0. The highest BCUT2D eigenvalue weighted by Crippen LogP contribution is 2.22. The zero-order valence-electron chi connectivity index (χ0n) is 27.1. The van der Waals surface area contributed by atoms with Crippen LogP contribution >= 0.6 is 0 Å². The maximum atomic E-state index is 13.4. The predicted molar refractivity (Wildman–Crippen MR) is 169 cm³/mol. The first-order valence-electron chi connectivity index (χ1n) is 15.5. The van der Waals surface area contributed by atoms with Crippen molar-refractivity contribution in [1.29, 1.82) is 0 Å². The Morgan fingerprint density at radius 2 is 1.70 bits per heavy atom. The fourth-order valence-corrected chi connectivity index (χ4v) is 4.68. The molecule has 5 atom stereocenters. The monoisotopic (exact) mass is 617 g/mol. The van der Waals surface area contributed by atoms with Gasteiger partial charge in [-0.1, -0.05) is 58.4 Å². The lowest BCUT2D eigenvalue weighted by Crippen LogP contribution is -2.52. The summed E-state index contributed by atoms with van der Waals surface area (Å²) in [6.07, 6.45) is 0.610. The number of amides is 2. The molecule has 2 aromatic rings. The Kier molecular flexibility index (Phi) is 16.3. The van der Waals surface area contributed by atoms with Crippen molar-refractivity contribution in [2.75, 3.05) is 26.9 Å². The standard InChI is InChI=1S/C34H52FN3O6/c1-7-23(4)32(34(41)37-19-25-11-13-27(35)14-12-25)38-33(40)28(22(2)3)18-30(39)29(36)21-43-20-26-10-9-24(5)31(17-26)44-16-8-15-42-6/h9-14,17,22-23,28-30,32,39H,7-8,15-16,18-21,36H2,1-6H3,(H,37,41)(H,38,40)/t23-,28-,29-,30-,32-/m0/s1. The Labute approximate surface area is 262 Å². The van der Waals surface area contributed by atoms with Crippen LogP contribution < -0.4 is 21.1 Å². The largest absolute Gasteiger partial charge is 0.493 e. The van der Waals surface area contributed by atoms with E-state index >= 15 is 0 Å². The number of rotatable bonds is 20. The molecule has 2 amide bonds. The lowest BCUT2D eigenvalue weighted by atomic mass is 9.86. The van der Waals surface area contributed by atoms with Gasteiger partial charge in [0.1, 0.15) is 17.6 Å². The molecular weight excluding hydrogens is 565 g/mol. The van der Waals surface area contributed by atoms with E-state index in [2.05, 4.69) is 10.6 Å². The van der Waals surface area contributed by atoms with Crippen LogP contribution in [0.25, 0.3) is 0 Å². The second-order valence-corrected chi connectivity index (χ2v) is 11.8. The highest BCUT2D eigenvalue weighted by atomic mass is 19.1. The second kappa shape index (κ2) is 19.4. The van der Waals surface area contributed by atoms with Gasteiger partial charge in [-0.15, -0.1) is 0 Å². The molecule has 0 bridgehead atoms. The first-order valence-corrected chi connectivity index (χ1v) is 15.5. The molecular formula is C34H52FN3O6. The van der Waals surface area contributed by atoms with Gasteiger partial charge in [0, 0.05) is 32.6 Å². The highest BCUT2D eigenvalue weighted by Gasteiger charge is 2.32. The number of aliphatic hydroxyl groups is 1. The van der Waals surface area contributed by atoms with Gasteiger partial charge in [-0.3, -0.25) is 9.59 Å². The Morgan fingerprint density at radius 3 is 2.34 bits per heavy atom. The van der Waals surface area contributed by atoms with Gasteiger partial charge in [-0.2, -0.15) is 0 Å². The van der Waals surface area contributed by atoms with Crippen LogP contribution in [0.1, 0.15) is 63.6 Å². The number of carbonyl (C=O) groups excluding carboxylic acids is 2. The molecule has 0 radical (unpaired) electrons. The fraction of sp³-hybridized carbons (Fsp3) is 0.588. The van der Waals surface area contributed by atoms with Gasteiger partial charge < -0.3 is 35.7 Å². The molecule has 9 nitrogen and oxygen atoms in total. The maximum absolute atomic E-state index is 13.4. The molecule has 0 fully saturated rings. The smallest absolute Gasteiger partial charge is 0.243 e. The zero-order valence-corrected chi connectivity index (χ0v) is 27.1. The van der Waals surface area contributed by atoms with E-state index < -0.39 is 24.1 Å². The minimum absolute atomic E-state index is 0.104. The molecule has 0 aliphatic rings. The van der Waals surface area contributed by atoms with E-state index in [9.17, 15) is 19.1 Å². The van der Waals surface area contributed by atoms with Crippen LogP contribution in [0.15, 0.2) is 42.5 Å². The van der Waals surface area contributed by atoms with Gasteiger partial charge in [0.05, 0.1) is 32.0 Å². The van der Waals surface area contributed by atoms with E-state index in [1.807, 2.05) is 52.8 Å². The lowest BCUT2D eigenvalue weighted by Gasteiger charge is -2.29. The van der Waals surface area contributed by atoms with Crippen molar-refractivity contribution in [3.8, 4) is 5.75 Å². The minimum Gasteiger partial charge on any atom is -0.493 e. The zero-order chi connectivity index (χ0) is 32.6. The van der Waals surface area contributed by atoms with E-state index in [4.69, 9.17) is 19.9 Å². The average Bonchev–Trinajstić information content (AvgIpc) is 3.00. The van der Waals surface area contributed by atoms with E-state index in [0.717, 1.165) is 28.9 Å². The number of benzene rings is 2. The van der Waals surface area contributed by atoms with Crippen LogP contribution in [0, 0.1) is 30.5 Å². The number of aliphatic hydroxyl groups excluding tert-OH is 1. The maximum Gasteiger partial charge on any atom is 0.243 e. The third kappa shape index (κ3) is 12.5. The summed E-state index contributed by atoms with van der Waals surface area (Å²) in [5, 5.41) is 16.7. The Balaban J connectivity index is 1.92. The van der Waals surface area contributed by atoms with E-state index in [-0.39, 0.29) is 49.0 Å². The van der Waals surface area contributed by atoms with Crippen molar-refractivity contribution in [1.82, 2.24) is 10.6 Å². The molecule has 0 aromatic heterocycles. The van der Waals surface area contributed by atoms with Crippen LogP contribution in [-0.4, -0.2) is 62.0 Å². The van der Waals surface area contributed by atoms with Crippen molar-refractivity contribution in [2.45, 2.75) is 85.2 Å². The van der Waals surface area contributed by atoms with Gasteiger partial charge in [-0.25, -0.2) is 4.39 Å². The average molecular weight is 618 g/mol. The Morgan fingerprint density at radius 1 is 1.02 bits per heavy atom. The predicted octanol–water partition coefficient (Wildman–Crippen LogP) is 4.26. The van der Waals surface area contributed by atoms with Crippen molar-refractivity contribution in [3.63, 3.8) is 0 Å². The summed E-state index contributed by atoms with van der Waals surface area (Å²) < 4.78 is 30.0. The number of ether oxygens (including phenoxy) is 3. The van der Waals surface area contributed by atoms with Crippen LogP contribution in [-0.2, 0) is 32.2 Å². The number of halogens is 1. The van der Waals surface area contributed by atoms with Gasteiger partial charge in [0.15, 0.2) is 0 Å². The number of nitrogens with one attached hydrogen (secondary N) is 2. The molecule has 0 saturated carbocycles. The minimum atomic E-state index is -0.986. The van der Waals surface area contributed by atoms with Gasteiger partial charge in [-0.05, 0) is 60.1 Å². The number of hydrogen-bond acceptors (Lipinski definition) is 7. The summed E-state index contributed by atoms with van der Waals surface area (Å²) >= 11 is 0. The van der Waals surface area contributed by atoms with Crippen LogP contribution in [0.4, 0.5) is 4.39 Å². The van der Waals surface area contributed by atoms with Crippen molar-refractivity contribution in [2.24, 2.45) is 23.5 Å². The summed E-state index contributed by atoms with van der Waals surface area (Å²) in [7, 11) is 1.66. The molecule has 0 aliphatic heterocycles. The number of carbonyl (C=O) groups is 2. The molecule has 0 heterocycles. The quantitative estimate of drug-likeness (QED) is 0.163. The number of aryl methyl sites for hydroxylation is 1. The molecule has 2 rings (SSSR count). The second-order valence-electron chi connectivity index (χ2n) is 11.8. The van der Waals surface area contributed by atoms with Crippen molar-refractivity contribution < 1.29 is 33.3 Å². The summed E-state index contributed by atoms with van der Waals surface area (Å²) in [5.41, 5.74) is 8.97. The number of hydrogen-bond donors (Lipinski definition) is 4. The van der Waals surface area contributed by atoms with E-state index in [0.29, 0.717) is 26.2 Å². The van der Waals surface area contributed by atoms with Gasteiger partial charge in [0.2, 0.25) is 11.8 Å². The molecule has 246 valence electrons. The lowest BCUT2D eigenvalue weighted by molar-refractivity contribution is -0.134. The normalized spacial score (nSPS) is 14.9. The summed E-state index contributed by atoms with van der Waals surface area (Å²) in [6, 6.07) is 10.3. The third-order valence-corrected chi connectivity index (χ3v) is 7.89. The summed E-state index contributed by atoms with van der Waals surface area (Å²) in [4.78, 5) is 26.5. The third-order valence-electron chi connectivity index (χ3n) is 7.89. The first kappa shape index (κ1) is 37.1. The SMILES string of the molecule is CC[C@H](C)[C@H](NC(=O)[C@@H](C[C@H](O)[C@@H](N)COCc1ccc(C)c(OCCCOC)c1)C(C)C)C(=O)NCc1ccc(F)cc1. The summed E-state index contributed by atoms with van der Waals surface area (Å²) in [6.45, 7) is 11.4. The number of nitrogens with two attached hydrogens (primary N) is 1. The molecule has 5 N–H and O–H groups in total. The topological polar surface area (TPSA) is 132 Å². The molecule has 2 aromatic carbocycles. The fourth-order valence-electron chi connectivity index (χ4n) is 4.68. The van der Waals surface area contributed by atoms with E-state index in [1.54, 1.807) is 19.2 Å². The van der Waals surface area contributed by atoms with Crippen LogP contribution in [0.5, 0.6) is 5.75 Å². The highest BCUT2D eigenvalue weighted by molar-refractivity contribution is 5.88. The Hall–Kier alpha value is -3.05.